The predicted octanol–water partition coefficient (Wildman–Crippen LogP) is 2.09. The summed E-state index contributed by atoms with van der Waals surface area (Å²) in [5.74, 6) is 0. The van der Waals surface area contributed by atoms with Gasteiger partial charge in [-0.25, -0.2) is 8.42 Å². The van der Waals surface area contributed by atoms with Gasteiger partial charge >= 0.3 is 0 Å². The molecule has 5 nitrogen and oxygen atoms in total. The van der Waals surface area contributed by atoms with E-state index >= 15 is 0 Å². The lowest BCUT2D eigenvalue weighted by molar-refractivity contribution is 0.364. The minimum Gasteiger partial charge on any atom is -0.352 e. The first kappa shape index (κ1) is 16.5. The molecule has 0 unspecified atom stereocenters. The Kier molecular flexibility index (Phi) is 5.84. The third-order valence-corrected chi connectivity index (χ3v) is 5.96. The second-order valence-corrected chi connectivity index (χ2v) is 7.67. The maximum Gasteiger partial charge on any atom is 0.244 e. The van der Waals surface area contributed by atoms with Crippen molar-refractivity contribution in [1.82, 2.24) is 14.2 Å². The summed E-state index contributed by atoms with van der Waals surface area (Å²) >= 11 is 0. The summed E-state index contributed by atoms with van der Waals surface area (Å²) in [7, 11) is -1.44. The van der Waals surface area contributed by atoms with E-state index in [9.17, 15) is 8.42 Å². The second-order valence-electron chi connectivity index (χ2n) is 5.73. The van der Waals surface area contributed by atoms with E-state index in [-0.39, 0.29) is 0 Å². The van der Waals surface area contributed by atoms with E-state index < -0.39 is 10.0 Å². The van der Waals surface area contributed by atoms with Crippen LogP contribution < -0.4 is 5.32 Å². The summed E-state index contributed by atoms with van der Waals surface area (Å²) in [5, 5.41) is 3.24. The SMILES string of the molecule is CCNCc1cc(S(=O)(=O)N2CCCCCCC2)cn1C. The zero-order valence-corrected chi connectivity index (χ0v) is 14.0. The Balaban J connectivity index is 2.17. The van der Waals surface area contributed by atoms with Gasteiger partial charge in [0, 0.05) is 38.6 Å². The summed E-state index contributed by atoms with van der Waals surface area (Å²) in [5.41, 5.74) is 1.00. The Morgan fingerprint density at radius 1 is 1.14 bits per heavy atom. The molecule has 1 fully saturated rings. The fourth-order valence-electron chi connectivity index (χ4n) is 2.75. The van der Waals surface area contributed by atoms with Crippen LogP contribution >= 0.6 is 0 Å². The maximum atomic E-state index is 12.8. The number of sulfonamides is 1. The monoisotopic (exact) mass is 313 g/mol. The van der Waals surface area contributed by atoms with Crippen molar-refractivity contribution in [2.24, 2.45) is 7.05 Å². The summed E-state index contributed by atoms with van der Waals surface area (Å²) in [6, 6.07) is 1.80. The number of hydrogen-bond acceptors (Lipinski definition) is 3. The molecule has 0 spiro atoms. The number of aromatic nitrogens is 1. The zero-order valence-electron chi connectivity index (χ0n) is 13.1. The molecule has 1 N–H and O–H groups in total. The Labute approximate surface area is 128 Å². The molecule has 0 saturated carbocycles. The van der Waals surface area contributed by atoms with Gasteiger partial charge in [-0.3, -0.25) is 0 Å². The fraction of sp³-hybridized carbons (Fsp3) is 0.733. The normalized spacial score (nSPS) is 18.4. The molecule has 0 aromatic carbocycles. The van der Waals surface area contributed by atoms with Crippen LogP contribution in [0.3, 0.4) is 0 Å². The van der Waals surface area contributed by atoms with Gasteiger partial charge in [-0.2, -0.15) is 4.31 Å². The summed E-state index contributed by atoms with van der Waals surface area (Å²) in [4.78, 5) is 0.429. The van der Waals surface area contributed by atoms with Gasteiger partial charge < -0.3 is 9.88 Å². The summed E-state index contributed by atoms with van der Waals surface area (Å²) in [6.07, 6.45) is 7.17. The highest BCUT2D eigenvalue weighted by Gasteiger charge is 2.26. The quantitative estimate of drug-likeness (QED) is 0.905. The van der Waals surface area contributed by atoms with E-state index in [0.717, 1.165) is 37.9 Å². The van der Waals surface area contributed by atoms with Crippen molar-refractivity contribution in [3.05, 3.63) is 18.0 Å². The molecular weight excluding hydrogens is 286 g/mol. The lowest BCUT2D eigenvalue weighted by Crippen LogP contribution is -2.33. The average Bonchev–Trinajstić information content (AvgIpc) is 2.77. The van der Waals surface area contributed by atoms with Crippen LogP contribution in [0.5, 0.6) is 0 Å². The predicted molar refractivity (Wildman–Crippen MR) is 84.6 cm³/mol. The Morgan fingerprint density at radius 2 is 1.76 bits per heavy atom. The molecule has 0 amide bonds. The van der Waals surface area contributed by atoms with Crippen molar-refractivity contribution >= 4 is 10.0 Å². The highest BCUT2D eigenvalue weighted by atomic mass is 32.2. The first-order chi connectivity index (χ1) is 10.1. The molecule has 1 aliphatic heterocycles. The van der Waals surface area contributed by atoms with Crippen LogP contribution in [0.25, 0.3) is 0 Å². The van der Waals surface area contributed by atoms with E-state index in [0.29, 0.717) is 24.5 Å². The van der Waals surface area contributed by atoms with Gasteiger partial charge in [0.2, 0.25) is 10.0 Å². The molecular formula is C15H27N3O2S. The lowest BCUT2D eigenvalue weighted by Gasteiger charge is -2.23. The van der Waals surface area contributed by atoms with Crippen LogP contribution in [0.4, 0.5) is 0 Å². The van der Waals surface area contributed by atoms with E-state index in [2.05, 4.69) is 5.32 Å². The van der Waals surface area contributed by atoms with Crippen molar-refractivity contribution in [1.29, 1.82) is 0 Å². The van der Waals surface area contributed by atoms with Gasteiger partial charge in [0.25, 0.3) is 0 Å². The minimum atomic E-state index is -3.34. The van der Waals surface area contributed by atoms with Crippen molar-refractivity contribution < 1.29 is 8.42 Å². The third kappa shape index (κ3) is 4.08. The van der Waals surface area contributed by atoms with Gasteiger partial charge in [-0.1, -0.05) is 26.2 Å². The standard InChI is InChI=1S/C15H27N3O2S/c1-3-16-12-14-11-15(13-17(14)2)21(19,20)18-9-7-5-4-6-8-10-18/h11,13,16H,3-10,12H2,1-2H3. The van der Waals surface area contributed by atoms with Gasteiger partial charge in [-0.15, -0.1) is 0 Å². The fourth-order valence-corrected chi connectivity index (χ4v) is 4.37. The molecule has 21 heavy (non-hydrogen) atoms. The van der Waals surface area contributed by atoms with Crippen LogP contribution in [0, 0.1) is 0 Å². The Bertz CT molecular complexity index is 543. The minimum absolute atomic E-state index is 0.429. The summed E-state index contributed by atoms with van der Waals surface area (Å²) < 4.78 is 29.1. The second kappa shape index (κ2) is 7.42. The molecule has 6 heteroatoms. The van der Waals surface area contributed by atoms with Crippen molar-refractivity contribution in [2.75, 3.05) is 19.6 Å². The Hall–Kier alpha value is -0.850. The number of rotatable bonds is 5. The van der Waals surface area contributed by atoms with Gasteiger partial charge in [0.05, 0.1) is 0 Å². The van der Waals surface area contributed by atoms with E-state index in [1.54, 1.807) is 16.6 Å². The molecule has 1 aliphatic rings. The summed E-state index contributed by atoms with van der Waals surface area (Å²) in [6.45, 7) is 4.92. The van der Waals surface area contributed by atoms with Gasteiger partial charge in [0.1, 0.15) is 4.90 Å². The lowest BCUT2D eigenvalue weighted by atomic mass is 10.1. The van der Waals surface area contributed by atoms with Crippen LogP contribution in [0.2, 0.25) is 0 Å². The number of nitrogens with one attached hydrogen (secondary N) is 1. The number of nitrogens with zero attached hydrogens (tertiary/aromatic N) is 2. The molecule has 2 heterocycles. The smallest absolute Gasteiger partial charge is 0.244 e. The highest BCUT2D eigenvalue weighted by Crippen LogP contribution is 2.21. The van der Waals surface area contributed by atoms with Crippen LogP contribution in [0.1, 0.15) is 44.7 Å². The van der Waals surface area contributed by atoms with Crippen LogP contribution in [-0.4, -0.2) is 36.9 Å². The number of aryl methyl sites for hydroxylation is 1. The molecule has 1 saturated heterocycles. The van der Waals surface area contributed by atoms with Crippen molar-refractivity contribution in [3.8, 4) is 0 Å². The first-order valence-electron chi connectivity index (χ1n) is 7.92. The largest absolute Gasteiger partial charge is 0.352 e. The van der Waals surface area contributed by atoms with Crippen molar-refractivity contribution in [2.45, 2.75) is 50.5 Å². The molecule has 0 radical (unpaired) electrons. The zero-order chi connectivity index (χ0) is 15.3. The molecule has 120 valence electrons. The molecule has 2 rings (SSSR count). The molecule has 0 aliphatic carbocycles. The Morgan fingerprint density at radius 3 is 2.38 bits per heavy atom. The number of hydrogen-bond donors (Lipinski definition) is 1. The van der Waals surface area contributed by atoms with E-state index in [1.165, 1.54) is 6.42 Å². The maximum absolute atomic E-state index is 12.8. The van der Waals surface area contributed by atoms with E-state index in [4.69, 9.17) is 0 Å². The average molecular weight is 313 g/mol. The third-order valence-electron chi connectivity index (χ3n) is 4.09. The molecule has 1 aromatic heterocycles. The molecule has 0 atom stereocenters. The van der Waals surface area contributed by atoms with E-state index in [1.807, 2.05) is 18.5 Å². The van der Waals surface area contributed by atoms with Crippen LogP contribution in [-0.2, 0) is 23.6 Å². The molecule has 1 aromatic rings. The first-order valence-corrected chi connectivity index (χ1v) is 9.36. The molecule has 0 bridgehead atoms. The topological polar surface area (TPSA) is 54.3 Å². The van der Waals surface area contributed by atoms with Gasteiger partial charge in [0.15, 0.2) is 0 Å². The highest BCUT2D eigenvalue weighted by molar-refractivity contribution is 7.89. The van der Waals surface area contributed by atoms with Crippen molar-refractivity contribution in [3.63, 3.8) is 0 Å². The van der Waals surface area contributed by atoms with Gasteiger partial charge in [-0.05, 0) is 25.5 Å². The van der Waals surface area contributed by atoms with Crippen LogP contribution in [0.15, 0.2) is 17.2 Å².